The van der Waals surface area contributed by atoms with E-state index in [0.29, 0.717) is 31.8 Å². The lowest BCUT2D eigenvalue weighted by Crippen LogP contribution is -2.37. The molecule has 0 bridgehead atoms. The van der Waals surface area contributed by atoms with Gasteiger partial charge in [0.05, 0.1) is 19.9 Å². The van der Waals surface area contributed by atoms with Crippen LogP contribution in [-0.2, 0) is 30.4 Å². The molecule has 1 saturated heterocycles. The maximum atomic E-state index is 11.6. The molecular weight excluding hydrogens is 331 g/mol. The van der Waals surface area contributed by atoms with Gasteiger partial charge in [-0.25, -0.2) is 0 Å². The van der Waals surface area contributed by atoms with Crippen molar-refractivity contribution >= 4 is 40.7 Å². The van der Waals surface area contributed by atoms with E-state index in [-0.39, 0.29) is 23.9 Å². The minimum atomic E-state index is -2.30. The van der Waals surface area contributed by atoms with Crippen molar-refractivity contribution in [2.45, 2.75) is 33.6 Å². The highest BCUT2D eigenvalue weighted by molar-refractivity contribution is 8.67. The van der Waals surface area contributed by atoms with Crippen LogP contribution in [0.25, 0.3) is 0 Å². The molecule has 1 fully saturated rings. The highest BCUT2D eigenvalue weighted by Gasteiger charge is 2.33. The highest BCUT2D eigenvalue weighted by Crippen LogP contribution is 2.64. The van der Waals surface area contributed by atoms with Crippen LogP contribution >= 0.6 is 17.1 Å². The van der Waals surface area contributed by atoms with Crippen LogP contribution in [0.3, 0.4) is 0 Å². The minimum Gasteiger partial charge on any atom is -0.339 e. The van der Waals surface area contributed by atoms with Crippen molar-refractivity contribution in [3.63, 3.8) is 0 Å². The third kappa shape index (κ3) is 7.61. The van der Waals surface area contributed by atoms with Crippen molar-refractivity contribution in [3.05, 3.63) is 0 Å². The van der Waals surface area contributed by atoms with Crippen LogP contribution in [0.4, 0.5) is 0 Å². The Labute approximate surface area is 135 Å². The standard InChI is InChI=1S/C12H23N2O4PS2/c1-4-10(15)13-9-14-11(16)5-6-21-19(20)17-7-12(2,3)8-18-19/h4-9H2,1-3H3,(H,13,15)(H,14,16). The molecule has 0 aliphatic carbocycles. The van der Waals surface area contributed by atoms with Gasteiger partial charge in [-0.2, -0.15) is 0 Å². The van der Waals surface area contributed by atoms with Gasteiger partial charge in [-0.05, 0) is 11.8 Å². The molecule has 1 aliphatic heterocycles. The predicted octanol–water partition coefficient (Wildman–Crippen LogP) is 2.01. The summed E-state index contributed by atoms with van der Waals surface area (Å²) in [5.74, 6) is 0.329. The van der Waals surface area contributed by atoms with Crippen LogP contribution in [0, 0.1) is 5.41 Å². The zero-order valence-corrected chi connectivity index (χ0v) is 15.2. The molecule has 0 aromatic heterocycles. The first-order valence-corrected chi connectivity index (χ1v) is 11.1. The molecule has 2 amide bonds. The lowest BCUT2D eigenvalue weighted by molar-refractivity contribution is -0.122. The predicted molar refractivity (Wildman–Crippen MR) is 88.5 cm³/mol. The van der Waals surface area contributed by atoms with Gasteiger partial charge in [0.25, 0.3) is 0 Å². The molecule has 2 N–H and O–H groups in total. The van der Waals surface area contributed by atoms with Gasteiger partial charge in [-0.15, -0.1) is 0 Å². The second-order valence-corrected chi connectivity index (χ2v) is 11.9. The second kappa shape index (κ2) is 8.48. The summed E-state index contributed by atoms with van der Waals surface area (Å²) in [6.07, 6.45) is 0.723. The summed E-state index contributed by atoms with van der Waals surface area (Å²) in [7, 11) is 0. The Morgan fingerprint density at radius 1 is 1.24 bits per heavy atom. The van der Waals surface area contributed by atoms with Crippen LogP contribution in [0.5, 0.6) is 0 Å². The molecule has 0 atom stereocenters. The number of hydrogen-bond donors (Lipinski definition) is 2. The van der Waals surface area contributed by atoms with Crippen molar-refractivity contribution < 1.29 is 18.6 Å². The van der Waals surface area contributed by atoms with E-state index < -0.39 is 5.69 Å². The first-order chi connectivity index (χ1) is 9.76. The Hall–Kier alpha value is -0.140. The summed E-state index contributed by atoms with van der Waals surface area (Å²) < 4.78 is 11.3. The molecule has 6 nitrogen and oxygen atoms in total. The molecular formula is C12H23N2O4PS2. The number of hydrogen-bond acceptors (Lipinski definition) is 6. The molecule has 0 spiro atoms. The molecule has 1 rings (SSSR count). The SMILES string of the molecule is CCC(=O)NCNC(=O)CCSP1(=S)OCC(C)(C)CO1. The highest BCUT2D eigenvalue weighted by atomic mass is 32.9. The Balaban J connectivity index is 2.17. The molecule has 9 heteroatoms. The van der Waals surface area contributed by atoms with E-state index >= 15 is 0 Å². The summed E-state index contributed by atoms with van der Waals surface area (Å²) in [4.78, 5) is 22.6. The third-order valence-electron chi connectivity index (χ3n) is 2.70. The largest absolute Gasteiger partial charge is 0.339 e. The Morgan fingerprint density at radius 2 is 1.81 bits per heavy atom. The van der Waals surface area contributed by atoms with E-state index in [1.807, 2.05) is 0 Å². The smallest absolute Gasteiger partial charge is 0.247 e. The molecule has 0 radical (unpaired) electrons. The molecule has 0 unspecified atom stereocenters. The monoisotopic (exact) mass is 354 g/mol. The number of carbonyl (C=O) groups excluding carboxylic acids is 2. The van der Waals surface area contributed by atoms with E-state index in [4.69, 9.17) is 20.9 Å². The summed E-state index contributed by atoms with van der Waals surface area (Å²) in [5.41, 5.74) is -2.30. The van der Waals surface area contributed by atoms with Gasteiger partial charge in [-0.1, -0.05) is 32.2 Å². The summed E-state index contributed by atoms with van der Waals surface area (Å²) in [6, 6.07) is 0. The van der Waals surface area contributed by atoms with E-state index in [2.05, 4.69) is 24.5 Å². The topological polar surface area (TPSA) is 76.7 Å². The first-order valence-electron chi connectivity index (χ1n) is 6.83. The quantitative estimate of drug-likeness (QED) is 0.538. The third-order valence-corrected chi connectivity index (χ3v) is 8.00. The molecule has 21 heavy (non-hydrogen) atoms. The Morgan fingerprint density at radius 3 is 2.38 bits per heavy atom. The fourth-order valence-electron chi connectivity index (χ4n) is 1.37. The second-order valence-electron chi connectivity index (χ2n) is 5.47. The van der Waals surface area contributed by atoms with Crippen molar-refractivity contribution in [1.29, 1.82) is 0 Å². The van der Waals surface area contributed by atoms with E-state index in [1.165, 1.54) is 11.4 Å². The number of rotatable bonds is 7. The van der Waals surface area contributed by atoms with Crippen molar-refractivity contribution in [3.8, 4) is 0 Å². The van der Waals surface area contributed by atoms with Gasteiger partial charge >= 0.3 is 0 Å². The van der Waals surface area contributed by atoms with Gasteiger partial charge in [0.15, 0.2) is 0 Å². The molecule has 0 saturated carbocycles. The Bertz CT molecular complexity index is 417. The summed E-state index contributed by atoms with van der Waals surface area (Å²) >= 11 is 6.79. The molecule has 122 valence electrons. The Kier molecular flexibility index (Phi) is 7.64. The van der Waals surface area contributed by atoms with Crippen LogP contribution in [0.1, 0.15) is 33.6 Å². The average molecular weight is 354 g/mol. The van der Waals surface area contributed by atoms with E-state index in [1.54, 1.807) is 6.92 Å². The van der Waals surface area contributed by atoms with E-state index in [9.17, 15) is 9.59 Å². The normalized spacial score (nSPS) is 19.8. The van der Waals surface area contributed by atoms with Crippen LogP contribution in [0.2, 0.25) is 0 Å². The van der Waals surface area contributed by atoms with Crippen LogP contribution < -0.4 is 10.6 Å². The molecule has 1 aliphatic rings. The van der Waals surface area contributed by atoms with Crippen molar-refractivity contribution in [2.75, 3.05) is 25.6 Å². The van der Waals surface area contributed by atoms with Gasteiger partial charge in [0.1, 0.15) is 0 Å². The maximum absolute atomic E-state index is 11.6. The summed E-state index contributed by atoms with van der Waals surface area (Å²) in [5, 5.41) is 5.20. The number of amides is 2. The van der Waals surface area contributed by atoms with Gasteiger partial charge in [0, 0.05) is 24.0 Å². The van der Waals surface area contributed by atoms with Gasteiger partial charge in [0.2, 0.25) is 17.5 Å². The minimum absolute atomic E-state index is 0.00225. The van der Waals surface area contributed by atoms with Crippen LogP contribution in [0.15, 0.2) is 0 Å². The lowest BCUT2D eigenvalue weighted by Gasteiger charge is -2.35. The van der Waals surface area contributed by atoms with Gasteiger partial charge in [-0.3, -0.25) is 9.59 Å². The average Bonchev–Trinajstić information content (AvgIpc) is 2.42. The molecule has 0 aromatic carbocycles. The summed E-state index contributed by atoms with van der Waals surface area (Å²) in [6.45, 7) is 7.22. The maximum Gasteiger partial charge on any atom is 0.247 e. The first kappa shape index (κ1) is 18.9. The molecule has 1 heterocycles. The van der Waals surface area contributed by atoms with E-state index in [0.717, 1.165) is 0 Å². The number of carbonyl (C=O) groups is 2. The number of nitrogens with one attached hydrogen (secondary N) is 2. The zero-order valence-electron chi connectivity index (χ0n) is 12.6. The lowest BCUT2D eigenvalue weighted by atomic mass is 9.97. The van der Waals surface area contributed by atoms with Crippen molar-refractivity contribution in [2.24, 2.45) is 5.41 Å². The van der Waals surface area contributed by atoms with Gasteiger partial charge < -0.3 is 19.7 Å². The molecule has 0 aromatic rings. The van der Waals surface area contributed by atoms with Crippen LogP contribution in [-0.4, -0.2) is 37.4 Å². The fourth-order valence-corrected chi connectivity index (χ4v) is 5.80. The van der Waals surface area contributed by atoms with Crippen molar-refractivity contribution in [1.82, 2.24) is 10.6 Å². The fraction of sp³-hybridized carbons (Fsp3) is 0.833. The zero-order chi connectivity index (χ0) is 15.9.